The Hall–Kier alpha value is -2.65. The number of piperidine rings is 1. The minimum atomic E-state index is -4.02. The number of hydrogen-bond acceptors (Lipinski definition) is 5. The number of ether oxygens (including phenoxy) is 2. The molecule has 0 spiro atoms. The average Bonchev–Trinajstić information content (AvgIpc) is 3.16. The number of nitrogens with one attached hydrogen (secondary N) is 1. The van der Waals surface area contributed by atoms with Gasteiger partial charge in [0.25, 0.3) is 15.9 Å². The van der Waals surface area contributed by atoms with Crippen molar-refractivity contribution in [1.82, 2.24) is 5.32 Å². The van der Waals surface area contributed by atoms with Crippen LogP contribution in [0.25, 0.3) is 0 Å². The van der Waals surface area contributed by atoms with Crippen LogP contribution in [-0.4, -0.2) is 26.1 Å². The SMILES string of the molecule is CC1(c2ccc(Cl)cc2F)Oc2cccc(C3CCNCC3)c2O1.Cc1ccc(S(=O)(=O)O)cc1. The molecule has 0 radical (unpaired) electrons. The van der Waals surface area contributed by atoms with Gasteiger partial charge in [-0.05, 0) is 75.2 Å². The third-order valence-corrected chi connectivity index (χ3v) is 7.23. The van der Waals surface area contributed by atoms with Crippen molar-refractivity contribution >= 4 is 21.7 Å². The van der Waals surface area contributed by atoms with Crippen LogP contribution in [0.3, 0.4) is 0 Å². The van der Waals surface area contributed by atoms with E-state index in [1.807, 2.05) is 19.1 Å². The lowest BCUT2D eigenvalue weighted by molar-refractivity contribution is -0.0711. The Labute approximate surface area is 209 Å². The molecule has 5 rings (SSSR count). The first-order chi connectivity index (χ1) is 16.6. The molecule has 9 heteroatoms. The van der Waals surface area contributed by atoms with Gasteiger partial charge in [0.1, 0.15) is 5.82 Å². The summed E-state index contributed by atoms with van der Waals surface area (Å²) in [6, 6.07) is 16.5. The van der Waals surface area contributed by atoms with E-state index >= 15 is 0 Å². The van der Waals surface area contributed by atoms with Gasteiger partial charge in [0, 0.05) is 17.5 Å². The Balaban J connectivity index is 0.000000221. The summed E-state index contributed by atoms with van der Waals surface area (Å²) in [6.07, 6.45) is 2.12. The number of hydrogen-bond donors (Lipinski definition) is 2. The van der Waals surface area contributed by atoms with E-state index in [0.29, 0.717) is 22.3 Å². The first-order valence-corrected chi connectivity index (χ1v) is 13.1. The number of halogens is 2. The van der Waals surface area contributed by atoms with Crippen molar-refractivity contribution in [2.45, 2.75) is 43.3 Å². The van der Waals surface area contributed by atoms with E-state index in [2.05, 4.69) is 11.4 Å². The van der Waals surface area contributed by atoms with Gasteiger partial charge in [0.2, 0.25) is 0 Å². The normalized spacial score (nSPS) is 19.7. The quantitative estimate of drug-likeness (QED) is 0.423. The van der Waals surface area contributed by atoms with Crippen LogP contribution in [0.5, 0.6) is 11.5 Å². The Morgan fingerprint density at radius 3 is 2.37 bits per heavy atom. The second kappa shape index (κ2) is 10.1. The molecule has 0 saturated carbocycles. The Kier molecular flexibility index (Phi) is 7.38. The van der Waals surface area contributed by atoms with E-state index in [-0.39, 0.29) is 4.90 Å². The van der Waals surface area contributed by atoms with Gasteiger partial charge < -0.3 is 14.8 Å². The summed E-state index contributed by atoms with van der Waals surface area (Å²) in [4.78, 5) is -0.0666. The molecular weight excluding hydrogens is 493 g/mol. The summed E-state index contributed by atoms with van der Waals surface area (Å²) < 4.78 is 56.1. The molecule has 2 N–H and O–H groups in total. The lowest BCUT2D eigenvalue weighted by Crippen LogP contribution is -2.33. The molecule has 0 aromatic heterocycles. The molecule has 186 valence electrons. The smallest absolute Gasteiger partial charge is 0.294 e. The van der Waals surface area contributed by atoms with E-state index in [4.69, 9.17) is 25.6 Å². The predicted octanol–water partition coefficient (Wildman–Crippen LogP) is 5.83. The summed E-state index contributed by atoms with van der Waals surface area (Å²) >= 11 is 5.86. The summed E-state index contributed by atoms with van der Waals surface area (Å²) in [6.45, 7) is 5.58. The fourth-order valence-electron chi connectivity index (χ4n) is 4.28. The van der Waals surface area contributed by atoms with Crippen LogP contribution >= 0.6 is 11.6 Å². The zero-order chi connectivity index (χ0) is 25.2. The Bertz CT molecular complexity index is 1310. The highest BCUT2D eigenvalue weighted by atomic mass is 35.5. The summed E-state index contributed by atoms with van der Waals surface area (Å²) in [7, 11) is -4.02. The summed E-state index contributed by atoms with van der Waals surface area (Å²) in [5.41, 5.74) is 2.45. The predicted molar refractivity (Wildman–Crippen MR) is 132 cm³/mol. The monoisotopic (exact) mass is 519 g/mol. The van der Waals surface area contributed by atoms with Crippen LogP contribution < -0.4 is 14.8 Å². The zero-order valence-corrected chi connectivity index (χ0v) is 21.0. The van der Waals surface area contributed by atoms with Gasteiger partial charge in [-0.2, -0.15) is 8.42 Å². The number of para-hydroxylation sites is 1. The Morgan fingerprint density at radius 1 is 1.06 bits per heavy atom. The highest BCUT2D eigenvalue weighted by Crippen LogP contribution is 2.49. The molecule has 0 aliphatic carbocycles. The number of rotatable bonds is 3. The average molecular weight is 520 g/mol. The maximum atomic E-state index is 14.4. The van der Waals surface area contributed by atoms with Crippen LogP contribution in [-0.2, 0) is 15.9 Å². The maximum Gasteiger partial charge on any atom is 0.294 e. The lowest BCUT2D eigenvalue weighted by atomic mass is 9.89. The standard InChI is InChI=1S/C19H19ClFNO2.C7H8O3S/c1-19(15-6-5-13(20)11-16(15)21)23-17-4-2-3-14(18(17)24-19)12-7-9-22-10-8-12;1-6-2-4-7(5-3-6)11(8,9)10/h2-6,11-12,22H,7-10H2,1H3;2-5H,1H3,(H,8,9,10). The van der Waals surface area contributed by atoms with Crippen molar-refractivity contribution < 1.29 is 26.8 Å². The molecule has 1 fully saturated rings. The van der Waals surface area contributed by atoms with Crippen LogP contribution in [0.2, 0.25) is 5.02 Å². The molecule has 3 aromatic rings. The van der Waals surface area contributed by atoms with Gasteiger partial charge in [0.05, 0.1) is 10.5 Å². The van der Waals surface area contributed by atoms with Gasteiger partial charge in [-0.1, -0.05) is 41.4 Å². The molecule has 3 aromatic carbocycles. The van der Waals surface area contributed by atoms with Gasteiger partial charge >= 0.3 is 0 Å². The summed E-state index contributed by atoms with van der Waals surface area (Å²) in [5.74, 6) is 0.229. The second-order valence-corrected chi connectivity index (χ2v) is 10.6. The topological polar surface area (TPSA) is 84.9 Å². The molecule has 35 heavy (non-hydrogen) atoms. The third-order valence-electron chi connectivity index (χ3n) is 6.13. The van der Waals surface area contributed by atoms with Gasteiger partial charge in [-0.15, -0.1) is 0 Å². The molecule has 1 saturated heterocycles. The van der Waals surface area contributed by atoms with Crippen molar-refractivity contribution in [3.63, 3.8) is 0 Å². The van der Waals surface area contributed by atoms with E-state index < -0.39 is 21.7 Å². The van der Waals surface area contributed by atoms with Crippen molar-refractivity contribution in [1.29, 1.82) is 0 Å². The van der Waals surface area contributed by atoms with Crippen molar-refractivity contribution in [2.75, 3.05) is 13.1 Å². The molecular formula is C26H27ClFNO5S. The molecule has 1 atom stereocenters. The highest BCUT2D eigenvalue weighted by Gasteiger charge is 2.42. The van der Waals surface area contributed by atoms with E-state index in [1.165, 1.54) is 18.2 Å². The van der Waals surface area contributed by atoms with E-state index in [1.54, 1.807) is 31.2 Å². The van der Waals surface area contributed by atoms with Crippen molar-refractivity contribution in [3.05, 3.63) is 88.2 Å². The molecule has 2 aliphatic rings. The minimum absolute atomic E-state index is 0.0666. The zero-order valence-electron chi connectivity index (χ0n) is 19.4. The van der Waals surface area contributed by atoms with E-state index in [9.17, 15) is 12.8 Å². The van der Waals surface area contributed by atoms with Gasteiger partial charge in [-0.3, -0.25) is 4.55 Å². The summed E-state index contributed by atoms with van der Waals surface area (Å²) in [5, 5.41) is 3.73. The van der Waals surface area contributed by atoms with Crippen LogP contribution in [0, 0.1) is 12.7 Å². The van der Waals surface area contributed by atoms with Crippen LogP contribution in [0.4, 0.5) is 4.39 Å². The first kappa shape index (κ1) is 25.4. The Morgan fingerprint density at radius 2 is 1.74 bits per heavy atom. The highest BCUT2D eigenvalue weighted by molar-refractivity contribution is 7.85. The molecule has 2 heterocycles. The minimum Gasteiger partial charge on any atom is -0.444 e. The second-order valence-electron chi connectivity index (χ2n) is 8.76. The molecule has 0 amide bonds. The molecule has 2 aliphatic heterocycles. The third kappa shape index (κ3) is 5.78. The molecule has 6 nitrogen and oxygen atoms in total. The van der Waals surface area contributed by atoms with Gasteiger partial charge in [0.15, 0.2) is 11.5 Å². The number of aryl methyl sites for hydroxylation is 1. The van der Waals surface area contributed by atoms with E-state index in [0.717, 1.165) is 42.8 Å². The lowest BCUT2D eigenvalue weighted by Gasteiger charge is -2.26. The molecule has 1 unspecified atom stereocenters. The van der Waals surface area contributed by atoms with Crippen LogP contribution in [0.1, 0.15) is 42.4 Å². The molecule has 0 bridgehead atoms. The van der Waals surface area contributed by atoms with Gasteiger partial charge in [-0.25, -0.2) is 4.39 Å². The maximum absolute atomic E-state index is 14.4. The fraction of sp³-hybridized carbons (Fsp3) is 0.308. The van der Waals surface area contributed by atoms with Crippen molar-refractivity contribution in [2.24, 2.45) is 0 Å². The number of benzene rings is 3. The fourth-order valence-corrected chi connectivity index (χ4v) is 4.92. The van der Waals surface area contributed by atoms with Crippen LogP contribution in [0.15, 0.2) is 65.6 Å². The van der Waals surface area contributed by atoms with Crippen molar-refractivity contribution in [3.8, 4) is 11.5 Å². The number of fused-ring (bicyclic) bond motifs is 1. The first-order valence-electron chi connectivity index (χ1n) is 11.3. The largest absolute Gasteiger partial charge is 0.444 e.